The van der Waals surface area contributed by atoms with Crippen molar-refractivity contribution in [2.24, 2.45) is 7.05 Å². The minimum atomic E-state index is -4.56. The highest BCUT2D eigenvalue weighted by Gasteiger charge is 2.33. The highest BCUT2D eigenvalue weighted by molar-refractivity contribution is 6.06. The predicted octanol–water partition coefficient (Wildman–Crippen LogP) is 4.99. The van der Waals surface area contributed by atoms with E-state index >= 15 is 0 Å². The van der Waals surface area contributed by atoms with Gasteiger partial charge in [-0.25, -0.2) is 0 Å². The van der Waals surface area contributed by atoms with Crippen LogP contribution in [0.5, 0.6) is 0 Å². The van der Waals surface area contributed by atoms with E-state index in [9.17, 15) is 22.8 Å². The third-order valence-corrected chi connectivity index (χ3v) is 6.48. The van der Waals surface area contributed by atoms with Crippen LogP contribution in [0.25, 0.3) is 10.9 Å². The van der Waals surface area contributed by atoms with Crippen LogP contribution in [-0.2, 0) is 31.1 Å². The first kappa shape index (κ1) is 26.2. The van der Waals surface area contributed by atoms with Gasteiger partial charge >= 0.3 is 6.18 Å². The van der Waals surface area contributed by atoms with Crippen LogP contribution < -0.4 is 10.6 Å². The van der Waals surface area contributed by atoms with Crippen molar-refractivity contribution < 1.29 is 22.8 Å². The molecule has 8 nitrogen and oxygen atoms in total. The Hall–Kier alpha value is -4.38. The third kappa shape index (κ3) is 5.58. The molecule has 0 bridgehead atoms. The molecule has 202 valence electrons. The average Bonchev–Trinajstić information content (AvgIpc) is 3.37. The molecule has 2 amide bonds. The number of nitrogens with zero attached hydrogens (tertiary/aromatic N) is 4. The number of amides is 2. The van der Waals surface area contributed by atoms with E-state index in [0.717, 1.165) is 34.3 Å². The number of nitrogens with one attached hydrogen (secondary N) is 2. The van der Waals surface area contributed by atoms with Crippen LogP contribution >= 0.6 is 0 Å². The fourth-order valence-electron chi connectivity index (χ4n) is 4.81. The molecule has 11 heteroatoms. The van der Waals surface area contributed by atoms with Gasteiger partial charge in [-0.15, -0.1) is 0 Å². The lowest BCUT2D eigenvalue weighted by Crippen LogP contribution is -2.33. The average molecular weight is 537 g/mol. The smallest absolute Gasteiger partial charge is 0.355 e. The molecule has 0 unspecified atom stereocenters. The predicted molar refractivity (Wildman–Crippen MR) is 143 cm³/mol. The molecule has 0 saturated heterocycles. The number of aromatic nitrogens is 2. The number of anilines is 3. The highest BCUT2D eigenvalue weighted by Crippen LogP contribution is 2.34. The van der Waals surface area contributed by atoms with Crippen molar-refractivity contribution in [1.82, 2.24) is 19.6 Å². The molecule has 2 heterocycles. The van der Waals surface area contributed by atoms with Crippen LogP contribution in [0.2, 0.25) is 0 Å². The lowest BCUT2D eigenvalue weighted by Gasteiger charge is -2.18. The summed E-state index contributed by atoms with van der Waals surface area (Å²) in [6.45, 7) is 0.192. The number of rotatable bonds is 7. The maximum Gasteiger partial charge on any atom is 0.416 e. The number of carbonyl (C=O) groups excluding carboxylic acids is 2. The molecular weight excluding hydrogens is 509 g/mol. The summed E-state index contributed by atoms with van der Waals surface area (Å²) in [5.41, 5.74) is 3.18. The van der Waals surface area contributed by atoms with Crippen molar-refractivity contribution in [2.75, 3.05) is 31.3 Å². The van der Waals surface area contributed by atoms with Gasteiger partial charge in [-0.3, -0.25) is 14.3 Å². The molecule has 0 aliphatic carbocycles. The Balaban J connectivity index is 1.31. The summed E-state index contributed by atoms with van der Waals surface area (Å²) in [5, 5.41) is 11.0. The molecule has 0 radical (unpaired) electrons. The molecule has 1 aliphatic rings. The molecule has 2 N–H and O–H groups in total. The SMILES string of the molecule is CN(C)Cc1cc(NC(=O)CN2Cc3cccc(Nc4ccc5c(cnn5C)c4)c3C2=O)cc(C(F)(F)F)c1. The number of hydrogen-bond donors (Lipinski definition) is 2. The summed E-state index contributed by atoms with van der Waals surface area (Å²) in [5.74, 6) is -0.911. The van der Waals surface area contributed by atoms with E-state index in [-0.39, 0.29) is 31.2 Å². The molecule has 0 fully saturated rings. The Morgan fingerprint density at radius 2 is 1.87 bits per heavy atom. The highest BCUT2D eigenvalue weighted by atomic mass is 19.4. The van der Waals surface area contributed by atoms with Gasteiger partial charge in [0.2, 0.25) is 5.91 Å². The fraction of sp³-hybridized carbons (Fsp3) is 0.250. The Bertz CT molecular complexity index is 1580. The lowest BCUT2D eigenvalue weighted by molar-refractivity contribution is -0.137. The molecule has 4 aromatic rings. The lowest BCUT2D eigenvalue weighted by atomic mass is 10.1. The Morgan fingerprint density at radius 1 is 1.08 bits per heavy atom. The van der Waals surface area contributed by atoms with E-state index in [1.807, 2.05) is 37.4 Å². The van der Waals surface area contributed by atoms with Crippen LogP contribution in [-0.4, -0.2) is 52.0 Å². The van der Waals surface area contributed by atoms with E-state index in [2.05, 4.69) is 15.7 Å². The molecular formula is C28H27F3N6O2. The van der Waals surface area contributed by atoms with Crippen LogP contribution in [0.1, 0.15) is 27.0 Å². The van der Waals surface area contributed by atoms with Gasteiger partial charge in [0.15, 0.2) is 0 Å². The molecule has 39 heavy (non-hydrogen) atoms. The third-order valence-electron chi connectivity index (χ3n) is 6.48. The fourth-order valence-corrected chi connectivity index (χ4v) is 4.81. The summed E-state index contributed by atoms with van der Waals surface area (Å²) < 4.78 is 42.1. The first-order valence-corrected chi connectivity index (χ1v) is 12.2. The monoisotopic (exact) mass is 536 g/mol. The van der Waals surface area contributed by atoms with Gasteiger partial charge in [0.1, 0.15) is 6.54 Å². The zero-order chi connectivity index (χ0) is 27.9. The maximum atomic E-state index is 13.4. The van der Waals surface area contributed by atoms with Gasteiger partial charge in [0.05, 0.1) is 28.5 Å². The van der Waals surface area contributed by atoms with E-state index in [1.54, 1.807) is 35.9 Å². The van der Waals surface area contributed by atoms with E-state index in [0.29, 0.717) is 16.8 Å². The molecule has 1 aliphatic heterocycles. The first-order chi connectivity index (χ1) is 18.5. The number of hydrogen-bond acceptors (Lipinski definition) is 5. The van der Waals surface area contributed by atoms with Gasteiger partial charge in [-0.1, -0.05) is 12.1 Å². The zero-order valence-electron chi connectivity index (χ0n) is 21.6. The number of alkyl halides is 3. The van der Waals surface area contributed by atoms with E-state index in [1.165, 1.54) is 11.0 Å². The Kier molecular flexibility index (Phi) is 6.77. The van der Waals surface area contributed by atoms with Crippen molar-refractivity contribution in [1.29, 1.82) is 0 Å². The molecule has 0 atom stereocenters. The minimum absolute atomic E-state index is 0.0315. The first-order valence-electron chi connectivity index (χ1n) is 12.2. The van der Waals surface area contributed by atoms with Crippen molar-refractivity contribution in [3.63, 3.8) is 0 Å². The second-order valence-electron chi connectivity index (χ2n) is 9.87. The van der Waals surface area contributed by atoms with Crippen LogP contribution in [0.4, 0.5) is 30.2 Å². The standard InChI is InChI=1S/C28H27F3N6O2/c1-35(2)14-17-9-20(28(29,30)31)12-22(10-17)34-25(38)16-37-15-18-5-4-6-23(26(18)27(37)39)33-21-7-8-24-19(11-21)13-32-36(24)3/h4-13,33H,14-16H2,1-3H3,(H,34,38). The quantitative estimate of drug-likeness (QED) is 0.348. The molecule has 0 spiro atoms. The number of aryl methyl sites for hydroxylation is 1. The van der Waals surface area contributed by atoms with E-state index in [4.69, 9.17) is 0 Å². The summed E-state index contributed by atoms with van der Waals surface area (Å²) in [4.78, 5) is 29.3. The summed E-state index contributed by atoms with van der Waals surface area (Å²) in [7, 11) is 5.35. The summed E-state index contributed by atoms with van der Waals surface area (Å²) in [6, 6.07) is 14.7. The maximum absolute atomic E-state index is 13.4. The molecule has 1 aromatic heterocycles. The molecule has 3 aromatic carbocycles. The van der Waals surface area contributed by atoms with Crippen LogP contribution in [0, 0.1) is 0 Å². The summed E-state index contributed by atoms with van der Waals surface area (Å²) >= 11 is 0. The number of carbonyl (C=O) groups is 2. The topological polar surface area (TPSA) is 82.5 Å². The number of fused-ring (bicyclic) bond motifs is 2. The van der Waals surface area contributed by atoms with Crippen molar-refractivity contribution in [2.45, 2.75) is 19.3 Å². The number of halogens is 3. The van der Waals surface area contributed by atoms with Gasteiger partial charge in [-0.05, 0) is 67.7 Å². The Morgan fingerprint density at radius 3 is 2.62 bits per heavy atom. The van der Waals surface area contributed by atoms with Gasteiger partial charge < -0.3 is 20.4 Å². The second-order valence-corrected chi connectivity index (χ2v) is 9.87. The largest absolute Gasteiger partial charge is 0.416 e. The van der Waals surface area contributed by atoms with Crippen molar-refractivity contribution >= 4 is 39.8 Å². The zero-order valence-corrected chi connectivity index (χ0v) is 21.6. The van der Waals surface area contributed by atoms with Gasteiger partial charge in [0.25, 0.3) is 5.91 Å². The van der Waals surface area contributed by atoms with Crippen molar-refractivity contribution in [3.8, 4) is 0 Å². The van der Waals surface area contributed by atoms with E-state index < -0.39 is 17.6 Å². The normalized spacial score (nSPS) is 13.3. The van der Waals surface area contributed by atoms with Crippen LogP contribution in [0.3, 0.4) is 0 Å². The van der Waals surface area contributed by atoms with Crippen molar-refractivity contribution in [3.05, 3.63) is 83.0 Å². The Labute approximate surface area is 223 Å². The number of benzene rings is 3. The van der Waals surface area contributed by atoms with Crippen LogP contribution in [0.15, 0.2) is 60.8 Å². The summed E-state index contributed by atoms with van der Waals surface area (Å²) in [6.07, 6.45) is -2.80. The minimum Gasteiger partial charge on any atom is -0.355 e. The van der Waals surface area contributed by atoms with Gasteiger partial charge in [-0.2, -0.15) is 18.3 Å². The molecule has 5 rings (SSSR count). The van der Waals surface area contributed by atoms with Gasteiger partial charge in [0, 0.05) is 36.9 Å². The second kappa shape index (κ2) is 10.1. The molecule has 0 saturated carbocycles.